The van der Waals surface area contributed by atoms with Gasteiger partial charge in [0.05, 0.1) is 14.4 Å². The maximum atomic E-state index is 10.7. The first-order valence-corrected chi connectivity index (χ1v) is 8.71. The number of carbonyl (C=O) groups is 1. The molecule has 1 aliphatic rings. The van der Waals surface area contributed by atoms with E-state index in [1.807, 2.05) is 6.92 Å². The summed E-state index contributed by atoms with van der Waals surface area (Å²) in [6.45, 7) is 2.04. The van der Waals surface area contributed by atoms with Crippen LogP contribution in [0.5, 0.6) is 0 Å². The Morgan fingerprint density at radius 2 is 2.35 bits per heavy atom. The molecule has 0 saturated heterocycles. The van der Waals surface area contributed by atoms with E-state index in [1.165, 1.54) is 17.3 Å². The Balaban J connectivity index is 1.96. The SMILES string of the molecule is Cc1cc(-c2nnc(SCC(=O)O)n2C2CC2)sc1Br. The lowest BCUT2D eigenvalue weighted by atomic mass is 10.3. The molecule has 2 heterocycles. The molecule has 8 heteroatoms. The molecule has 3 rings (SSSR count). The molecule has 5 nitrogen and oxygen atoms in total. The number of halogens is 1. The second-order valence-electron chi connectivity index (χ2n) is 4.66. The molecule has 1 aliphatic carbocycles. The fraction of sp³-hybridized carbons (Fsp3) is 0.417. The molecular weight excluding hydrogens is 362 g/mol. The Morgan fingerprint density at radius 1 is 1.60 bits per heavy atom. The normalized spacial score (nSPS) is 14.7. The summed E-state index contributed by atoms with van der Waals surface area (Å²) in [6.07, 6.45) is 2.22. The number of aromatic nitrogens is 3. The standard InChI is InChI=1S/C12H12BrN3O2S2/c1-6-4-8(20-10(6)13)11-14-15-12(19-5-9(17)18)16(11)7-2-3-7/h4,7H,2-3,5H2,1H3,(H,17,18). The second kappa shape index (κ2) is 5.50. The number of thioether (sulfide) groups is 1. The maximum Gasteiger partial charge on any atom is 0.313 e. The topological polar surface area (TPSA) is 68.0 Å². The third kappa shape index (κ3) is 2.77. The van der Waals surface area contributed by atoms with Crippen LogP contribution in [0.4, 0.5) is 0 Å². The summed E-state index contributed by atoms with van der Waals surface area (Å²) in [5.74, 6) is 0.0219. The first-order chi connectivity index (χ1) is 9.56. The van der Waals surface area contributed by atoms with Gasteiger partial charge in [-0.25, -0.2) is 0 Å². The van der Waals surface area contributed by atoms with E-state index in [4.69, 9.17) is 5.11 Å². The van der Waals surface area contributed by atoms with Crippen molar-refractivity contribution in [3.05, 3.63) is 15.4 Å². The van der Waals surface area contributed by atoms with Crippen LogP contribution in [0.2, 0.25) is 0 Å². The highest BCUT2D eigenvalue weighted by Gasteiger charge is 2.31. The number of aliphatic carboxylic acids is 1. The van der Waals surface area contributed by atoms with Gasteiger partial charge in [0, 0.05) is 6.04 Å². The Hall–Kier alpha value is -0.860. The molecule has 2 aromatic heterocycles. The minimum absolute atomic E-state index is 0.0119. The molecule has 106 valence electrons. The van der Waals surface area contributed by atoms with E-state index < -0.39 is 5.97 Å². The molecule has 0 aliphatic heterocycles. The molecule has 0 atom stereocenters. The summed E-state index contributed by atoms with van der Waals surface area (Å²) in [5.41, 5.74) is 1.18. The highest BCUT2D eigenvalue weighted by Crippen LogP contribution is 2.43. The lowest BCUT2D eigenvalue weighted by Gasteiger charge is -2.06. The van der Waals surface area contributed by atoms with Gasteiger partial charge in [-0.1, -0.05) is 11.8 Å². The van der Waals surface area contributed by atoms with Gasteiger partial charge >= 0.3 is 5.97 Å². The number of carboxylic acid groups (broad SMARTS) is 1. The third-order valence-electron chi connectivity index (χ3n) is 2.98. The van der Waals surface area contributed by atoms with E-state index >= 15 is 0 Å². The third-order valence-corrected chi connectivity index (χ3v) is 6.04. The molecule has 1 fully saturated rings. The first-order valence-electron chi connectivity index (χ1n) is 6.12. The van der Waals surface area contributed by atoms with Crippen LogP contribution in [0.1, 0.15) is 24.4 Å². The van der Waals surface area contributed by atoms with Gasteiger partial charge in [-0.2, -0.15) is 0 Å². The lowest BCUT2D eigenvalue weighted by molar-refractivity contribution is -0.133. The van der Waals surface area contributed by atoms with Crippen molar-refractivity contribution in [1.82, 2.24) is 14.8 Å². The van der Waals surface area contributed by atoms with Gasteiger partial charge in [0.15, 0.2) is 11.0 Å². The smallest absolute Gasteiger partial charge is 0.313 e. The molecule has 0 spiro atoms. The number of hydrogen-bond acceptors (Lipinski definition) is 5. The molecule has 2 aromatic rings. The number of hydrogen-bond donors (Lipinski definition) is 1. The largest absolute Gasteiger partial charge is 0.481 e. The monoisotopic (exact) mass is 373 g/mol. The number of aryl methyl sites for hydroxylation is 1. The van der Waals surface area contributed by atoms with Crippen LogP contribution in [0, 0.1) is 6.92 Å². The van der Waals surface area contributed by atoms with Crippen molar-refractivity contribution in [2.45, 2.75) is 31.0 Å². The lowest BCUT2D eigenvalue weighted by Crippen LogP contribution is -2.02. The molecule has 0 unspecified atom stereocenters. The average Bonchev–Trinajstić information content (AvgIpc) is 3.06. The van der Waals surface area contributed by atoms with Gasteiger partial charge in [-0.3, -0.25) is 9.36 Å². The van der Waals surface area contributed by atoms with Crippen molar-refractivity contribution in [2.75, 3.05) is 5.75 Å². The van der Waals surface area contributed by atoms with Crippen LogP contribution < -0.4 is 0 Å². The molecular formula is C12H12BrN3O2S2. The van der Waals surface area contributed by atoms with Crippen LogP contribution in [-0.2, 0) is 4.79 Å². The van der Waals surface area contributed by atoms with Crippen molar-refractivity contribution in [2.24, 2.45) is 0 Å². The maximum absolute atomic E-state index is 10.7. The number of carboxylic acids is 1. The Kier molecular flexibility index (Phi) is 3.87. The van der Waals surface area contributed by atoms with Gasteiger partial charge in [0.2, 0.25) is 0 Å². The number of nitrogens with zero attached hydrogens (tertiary/aromatic N) is 3. The average molecular weight is 374 g/mol. The van der Waals surface area contributed by atoms with Crippen molar-refractivity contribution in [1.29, 1.82) is 0 Å². The molecule has 0 radical (unpaired) electrons. The Bertz CT molecular complexity index is 644. The van der Waals surface area contributed by atoms with Crippen LogP contribution in [0.3, 0.4) is 0 Å². The van der Waals surface area contributed by atoms with Crippen molar-refractivity contribution >= 4 is 45.0 Å². The van der Waals surface area contributed by atoms with Gasteiger partial charge in [0.1, 0.15) is 0 Å². The zero-order valence-corrected chi connectivity index (χ0v) is 13.9. The second-order valence-corrected chi connectivity index (χ2v) is 7.97. The summed E-state index contributed by atoms with van der Waals surface area (Å²) in [4.78, 5) is 11.8. The van der Waals surface area contributed by atoms with Crippen molar-refractivity contribution in [3.8, 4) is 10.7 Å². The van der Waals surface area contributed by atoms with Crippen LogP contribution >= 0.6 is 39.0 Å². The molecule has 1 saturated carbocycles. The number of rotatable bonds is 5. The van der Waals surface area contributed by atoms with Crippen molar-refractivity contribution < 1.29 is 9.90 Å². The van der Waals surface area contributed by atoms with E-state index in [0.29, 0.717) is 11.2 Å². The predicted octanol–water partition coefficient (Wildman–Crippen LogP) is 3.59. The molecule has 0 aromatic carbocycles. The fourth-order valence-corrected chi connectivity index (χ4v) is 4.14. The molecule has 0 amide bonds. The summed E-state index contributed by atoms with van der Waals surface area (Å²) in [7, 11) is 0. The summed E-state index contributed by atoms with van der Waals surface area (Å²) < 4.78 is 3.18. The summed E-state index contributed by atoms with van der Waals surface area (Å²) >= 11 is 6.39. The van der Waals surface area contributed by atoms with Gasteiger partial charge in [0.25, 0.3) is 0 Å². The van der Waals surface area contributed by atoms with E-state index in [-0.39, 0.29) is 5.75 Å². The fourth-order valence-electron chi connectivity index (χ4n) is 1.90. The Morgan fingerprint density at radius 3 is 2.90 bits per heavy atom. The minimum atomic E-state index is -0.836. The van der Waals surface area contributed by atoms with Crippen molar-refractivity contribution in [3.63, 3.8) is 0 Å². The zero-order valence-electron chi connectivity index (χ0n) is 10.7. The predicted molar refractivity (Wildman–Crippen MR) is 82.4 cm³/mol. The van der Waals surface area contributed by atoms with Crippen LogP contribution in [0.25, 0.3) is 10.7 Å². The molecule has 20 heavy (non-hydrogen) atoms. The van der Waals surface area contributed by atoms with Gasteiger partial charge < -0.3 is 5.11 Å². The van der Waals surface area contributed by atoms with Crippen LogP contribution in [-0.4, -0.2) is 31.6 Å². The highest BCUT2D eigenvalue weighted by molar-refractivity contribution is 9.11. The van der Waals surface area contributed by atoms with E-state index in [9.17, 15) is 4.79 Å². The van der Waals surface area contributed by atoms with Gasteiger partial charge in [-0.15, -0.1) is 21.5 Å². The zero-order chi connectivity index (χ0) is 14.3. The summed E-state index contributed by atoms with van der Waals surface area (Å²) in [6, 6.07) is 2.50. The first kappa shape index (κ1) is 14.1. The Labute approximate surface area is 132 Å². The van der Waals surface area contributed by atoms with E-state index in [2.05, 4.69) is 36.8 Å². The quantitative estimate of drug-likeness (QED) is 0.811. The van der Waals surface area contributed by atoms with E-state index in [1.54, 1.807) is 11.3 Å². The number of thiophene rings is 1. The summed E-state index contributed by atoms with van der Waals surface area (Å²) in [5, 5.41) is 17.9. The van der Waals surface area contributed by atoms with Crippen LogP contribution in [0.15, 0.2) is 15.0 Å². The minimum Gasteiger partial charge on any atom is -0.481 e. The molecule has 1 N–H and O–H groups in total. The van der Waals surface area contributed by atoms with Gasteiger partial charge in [-0.05, 0) is 47.3 Å². The highest BCUT2D eigenvalue weighted by atomic mass is 79.9. The van der Waals surface area contributed by atoms with E-state index in [0.717, 1.165) is 27.3 Å². The molecule has 0 bridgehead atoms.